The van der Waals surface area contributed by atoms with E-state index in [-0.39, 0.29) is 11.4 Å². The average Bonchev–Trinajstić information content (AvgIpc) is 2.75. The summed E-state index contributed by atoms with van der Waals surface area (Å²) in [7, 11) is 1.39. The fraction of sp³-hybridized carbons (Fsp3) is 0.387. The summed E-state index contributed by atoms with van der Waals surface area (Å²) in [4.78, 5) is 11.3. The molecule has 1 aliphatic carbocycles. The van der Waals surface area contributed by atoms with Gasteiger partial charge in [-0.05, 0) is 64.9 Å². The van der Waals surface area contributed by atoms with Crippen LogP contribution in [0.25, 0.3) is 0 Å². The maximum absolute atomic E-state index is 11.3. The lowest BCUT2D eigenvalue weighted by atomic mass is 9.72. The molecule has 0 saturated heterocycles. The van der Waals surface area contributed by atoms with Crippen molar-refractivity contribution in [1.82, 2.24) is 0 Å². The van der Waals surface area contributed by atoms with Crippen LogP contribution in [-0.4, -0.2) is 13.1 Å². The number of esters is 1. The van der Waals surface area contributed by atoms with Crippen LogP contribution in [0.4, 0.5) is 0 Å². The standard InChI is InChI=1S/C31H42O2/c1-24(14-9-10-15-25(2)18-12-19-28(5)30(32)33-8)16-11-17-26(3)21-22-29-27(4)20-13-23-31(29,6)7/h9-12,14-19,21-22H,13,20,23H2,1-8H3. The first-order chi connectivity index (χ1) is 15.6. The number of hydrogen-bond donors (Lipinski definition) is 0. The third-order valence-corrected chi connectivity index (χ3v) is 5.82. The van der Waals surface area contributed by atoms with Gasteiger partial charge < -0.3 is 4.74 Å². The van der Waals surface area contributed by atoms with E-state index >= 15 is 0 Å². The highest BCUT2D eigenvalue weighted by molar-refractivity contribution is 5.87. The van der Waals surface area contributed by atoms with Crippen LogP contribution < -0.4 is 0 Å². The molecule has 0 bridgehead atoms. The van der Waals surface area contributed by atoms with Gasteiger partial charge in [0.05, 0.1) is 7.11 Å². The topological polar surface area (TPSA) is 26.3 Å². The molecule has 1 rings (SSSR count). The van der Waals surface area contributed by atoms with Gasteiger partial charge in [-0.3, -0.25) is 0 Å². The van der Waals surface area contributed by atoms with E-state index in [1.807, 2.05) is 37.3 Å². The highest BCUT2D eigenvalue weighted by atomic mass is 16.5. The smallest absolute Gasteiger partial charge is 0.333 e. The summed E-state index contributed by atoms with van der Waals surface area (Å²) in [5.41, 5.74) is 7.42. The lowest BCUT2D eigenvalue weighted by Crippen LogP contribution is -2.19. The third-order valence-electron chi connectivity index (χ3n) is 5.82. The molecule has 0 unspecified atom stereocenters. The van der Waals surface area contributed by atoms with Crippen molar-refractivity contribution in [2.24, 2.45) is 5.41 Å². The van der Waals surface area contributed by atoms with Crippen LogP contribution in [0.5, 0.6) is 0 Å². The Morgan fingerprint density at radius 3 is 1.88 bits per heavy atom. The molecule has 1 aliphatic rings. The number of carbonyl (C=O) groups is 1. The van der Waals surface area contributed by atoms with E-state index < -0.39 is 0 Å². The van der Waals surface area contributed by atoms with E-state index in [2.05, 4.69) is 75.8 Å². The summed E-state index contributed by atoms with van der Waals surface area (Å²) in [5, 5.41) is 0. The normalized spacial score (nSPS) is 19.0. The molecular weight excluding hydrogens is 404 g/mol. The van der Waals surface area contributed by atoms with Crippen molar-refractivity contribution in [3.63, 3.8) is 0 Å². The zero-order valence-electron chi connectivity index (χ0n) is 21.9. The molecule has 0 aromatic rings. The van der Waals surface area contributed by atoms with Crippen molar-refractivity contribution < 1.29 is 9.53 Å². The van der Waals surface area contributed by atoms with E-state index in [0.717, 1.165) is 5.57 Å². The number of methoxy groups -OCH3 is 1. The van der Waals surface area contributed by atoms with E-state index in [1.165, 1.54) is 48.7 Å². The molecule has 0 spiro atoms. The van der Waals surface area contributed by atoms with Crippen LogP contribution >= 0.6 is 0 Å². The largest absolute Gasteiger partial charge is 0.466 e. The van der Waals surface area contributed by atoms with Gasteiger partial charge in [0, 0.05) is 5.57 Å². The minimum Gasteiger partial charge on any atom is -0.466 e. The molecule has 0 fully saturated rings. The molecule has 0 aromatic heterocycles. The van der Waals surface area contributed by atoms with Gasteiger partial charge in [0.2, 0.25) is 0 Å². The summed E-state index contributed by atoms with van der Waals surface area (Å²) < 4.78 is 4.67. The minimum atomic E-state index is -0.309. The summed E-state index contributed by atoms with van der Waals surface area (Å²) in [6, 6.07) is 0. The molecule has 33 heavy (non-hydrogen) atoms. The van der Waals surface area contributed by atoms with Gasteiger partial charge in [-0.25, -0.2) is 4.79 Å². The molecule has 0 amide bonds. The summed E-state index contributed by atoms with van der Waals surface area (Å²) in [5.74, 6) is -0.309. The molecule has 0 heterocycles. The monoisotopic (exact) mass is 446 g/mol. The van der Waals surface area contributed by atoms with Gasteiger partial charge in [-0.1, -0.05) is 109 Å². The Morgan fingerprint density at radius 2 is 1.33 bits per heavy atom. The lowest BCUT2D eigenvalue weighted by molar-refractivity contribution is -0.136. The zero-order chi connectivity index (χ0) is 24.9. The number of ether oxygens (including phenoxy) is 1. The molecule has 0 aliphatic heterocycles. The molecule has 2 nitrogen and oxygen atoms in total. The first-order valence-corrected chi connectivity index (χ1v) is 11.7. The molecule has 0 atom stereocenters. The Bertz CT molecular complexity index is 951. The number of hydrogen-bond acceptors (Lipinski definition) is 2. The van der Waals surface area contributed by atoms with Crippen molar-refractivity contribution >= 4 is 5.97 Å². The quantitative estimate of drug-likeness (QED) is 0.201. The molecule has 2 heteroatoms. The van der Waals surface area contributed by atoms with Crippen molar-refractivity contribution in [1.29, 1.82) is 0 Å². The average molecular weight is 447 g/mol. The highest BCUT2D eigenvalue weighted by Crippen LogP contribution is 2.40. The Kier molecular flexibility index (Phi) is 12.2. The predicted molar refractivity (Wildman–Crippen MR) is 144 cm³/mol. The van der Waals surface area contributed by atoms with Gasteiger partial charge in [-0.2, -0.15) is 0 Å². The number of carbonyl (C=O) groups excluding carboxylic acids is 1. The Morgan fingerprint density at radius 1 is 0.818 bits per heavy atom. The van der Waals surface area contributed by atoms with E-state index in [4.69, 9.17) is 0 Å². The molecule has 0 radical (unpaired) electrons. The van der Waals surface area contributed by atoms with Crippen LogP contribution in [-0.2, 0) is 9.53 Å². The first kappa shape index (κ1) is 28.2. The Hall–Kier alpha value is -2.87. The van der Waals surface area contributed by atoms with Gasteiger partial charge in [0.15, 0.2) is 0 Å². The molecule has 0 saturated carbocycles. The van der Waals surface area contributed by atoms with E-state index in [1.54, 1.807) is 13.0 Å². The summed E-state index contributed by atoms with van der Waals surface area (Å²) in [6.45, 7) is 15.0. The van der Waals surface area contributed by atoms with Crippen LogP contribution in [0.1, 0.15) is 67.7 Å². The fourth-order valence-corrected chi connectivity index (χ4v) is 3.73. The van der Waals surface area contributed by atoms with Gasteiger partial charge >= 0.3 is 5.97 Å². The van der Waals surface area contributed by atoms with E-state index in [9.17, 15) is 4.79 Å². The van der Waals surface area contributed by atoms with Crippen LogP contribution in [0, 0.1) is 5.41 Å². The first-order valence-electron chi connectivity index (χ1n) is 11.7. The SMILES string of the molecule is COC(=O)C(C)=CC=CC(C)=CC=CC=C(C)C=CC=C(C)C=CC1=C(C)CCCC1(C)C. The Labute approximate surface area is 202 Å². The highest BCUT2D eigenvalue weighted by Gasteiger charge is 2.26. The van der Waals surface area contributed by atoms with Gasteiger partial charge in [0.25, 0.3) is 0 Å². The predicted octanol–water partition coefficient (Wildman–Crippen LogP) is 8.70. The van der Waals surface area contributed by atoms with Crippen molar-refractivity contribution in [2.75, 3.05) is 7.11 Å². The number of allylic oxidation sites excluding steroid dienone is 17. The minimum absolute atomic E-state index is 0.280. The summed E-state index contributed by atoms with van der Waals surface area (Å²) >= 11 is 0. The maximum Gasteiger partial charge on any atom is 0.333 e. The Balaban J connectivity index is 2.65. The lowest BCUT2D eigenvalue weighted by Gasteiger charge is -2.32. The molecular formula is C31H42O2. The van der Waals surface area contributed by atoms with Crippen LogP contribution in [0.15, 0.2) is 106 Å². The maximum atomic E-state index is 11.3. The molecule has 178 valence electrons. The zero-order valence-corrected chi connectivity index (χ0v) is 21.9. The number of rotatable bonds is 9. The van der Waals surface area contributed by atoms with Crippen molar-refractivity contribution in [2.45, 2.75) is 67.7 Å². The van der Waals surface area contributed by atoms with Gasteiger partial charge in [-0.15, -0.1) is 0 Å². The molecule has 0 aromatic carbocycles. The second-order valence-corrected chi connectivity index (χ2v) is 9.44. The van der Waals surface area contributed by atoms with Crippen molar-refractivity contribution in [3.05, 3.63) is 106 Å². The van der Waals surface area contributed by atoms with Crippen LogP contribution in [0.2, 0.25) is 0 Å². The van der Waals surface area contributed by atoms with E-state index in [0.29, 0.717) is 5.57 Å². The van der Waals surface area contributed by atoms with Gasteiger partial charge in [0.1, 0.15) is 0 Å². The molecule has 0 N–H and O–H groups in total. The second kappa shape index (κ2) is 14.3. The fourth-order valence-electron chi connectivity index (χ4n) is 3.73. The van der Waals surface area contributed by atoms with Crippen molar-refractivity contribution in [3.8, 4) is 0 Å². The van der Waals surface area contributed by atoms with Crippen LogP contribution in [0.3, 0.4) is 0 Å². The summed E-state index contributed by atoms with van der Waals surface area (Å²) in [6.07, 6.45) is 28.4. The third kappa shape index (κ3) is 11.0. The second-order valence-electron chi connectivity index (χ2n) is 9.44.